The first-order valence-electron chi connectivity index (χ1n) is 10.1. The van der Waals surface area contributed by atoms with E-state index in [9.17, 15) is 9.65 Å². The van der Waals surface area contributed by atoms with Gasteiger partial charge in [-0.3, -0.25) is 0 Å². The molecule has 3 heteroatoms. The Bertz CT molecular complexity index is 830. The summed E-state index contributed by atoms with van der Waals surface area (Å²) >= 11 is 0. The third-order valence-corrected chi connectivity index (χ3v) is 6.33. The van der Waals surface area contributed by atoms with Crippen LogP contribution >= 0.6 is 0 Å². The lowest BCUT2D eigenvalue weighted by atomic mass is 9.79. The zero-order chi connectivity index (χ0) is 18.7. The lowest BCUT2D eigenvalue weighted by Crippen LogP contribution is -2.28. The van der Waals surface area contributed by atoms with E-state index in [1.807, 2.05) is 30.3 Å². The molecule has 2 nitrogen and oxygen atoms in total. The van der Waals surface area contributed by atoms with Crippen LogP contribution in [0.4, 0.5) is 4.39 Å². The second-order valence-electron chi connectivity index (χ2n) is 8.00. The maximum atomic E-state index is 13.5. The summed E-state index contributed by atoms with van der Waals surface area (Å²) in [6.07, 6.45) is 10.0. The zero-order valence-electron chi connectivity index (χ0n) is 15.7. The summed E-state index contributed by atoms with van der Waals surface area (Å²) in [4.78, 5) is 0. The minimum Gasteiger partial charge on any atom is -0.361 e. The van der Waals surface area contributed by atoms with Gasteiger partial charge in [-0.05, 0) is 59.7 Å². The van der Waals surface area contributed by atoms with Crippen molar-refractivity contribution in [1.82, 2.24) is 0 Å². The van der Waals surface area contributed by atoms with Crippen LogP contribution in [0.2, 0.25) is 0 Å². The molecule has 2 aromatic carbocycles. The number of hydrogen-bond donors (Lipinski definition) is 0. The minimum atomic E-state index is -0.524. The van der Waals surface area contributed by atoms with Crippen molar-refractivity contribution in [3.8, 4) is 6.07 Å². The molecular formula is C24H26FNO. The van der Waals surface area contributed by atoms with Crippen LogP contribution in [-0.4, -0.2) is 0 Å². The smallest absolute Gasteiger partial charge is 0.123 e. The molecule has 1 saturated carbocycles. The fraction of sp³-hybridized carbons (Fsp3) is 0.458. The molecule has 0 spiro atoms. The van der Waals surface area contributed by atoms with Crippen molar-refractivity contribution in [3.63, 3.8) is 0 Å². The summed E-state index contributed by atoms with van der Waals surface area (Å²) in [7, 11) is 0. The Balaban J connectivity index is 1.67. The molecule has 0 amide bonds. The maximum Gasteiger partial charge on any atom is 0.123 e. The first-order chi connectivity index (χ1) is 13.2. The van der Waals surface area contributed by atoms with Gasteiger partial charge in [0.25, 0.3) is 0 Å². The Morgan fingerprint density at radius 3 is 2.48 bits per heavy atom. The normalized spacial score (nSPS) is 22.8. The average molecular weight is 363 g/mol. The van der Waals surface area contributed by atoms with Crippen molar-refractivity contribution < 1.29 is 9.13 Å². The van der Waals surface area contributed by atoms with Gasteiger partial charge in [0.1, 0.15) is 11.4 Å². The summed E-state index contributed by atoms with van der Waals surface area (Å²) in [6.45, 7) is 0.507. The molecule has 0 bridgehead atoms. The molecule has 27 heavy (non-hydrogen) atoms. The van der Waals surface area contributed by atoms with E-state index in [2.05, 4.69) is 6.07 Å². The van der Waals surface area contributed by atoms with E-state index < -0.39 is 5.60 Å². The summed E-state index contributed by atoms with van der Waals surface area (Å²) < 4.78 is 20.0. The SMILES string of the molecule is N#Cc1ccc2c(c1)COC2(CCC1CCCCCC1)c1ccc(F)cc1. The van der Waals surface area contributed by atoms with E-state index in [0.29, 0.717) is 12.2 Å². The summed E-state index contributed by atoms with van der Waals surface area (Å²) in [5.74, 6) is 0.520. The highest BCUT2D eigenvalue weighted by Crippen LogP contribution is 2.47. The molecule has 0 saturated heterocycles. The van der Waals surface area contributed by atoms with Crippen molar-refractivity contribution in [2.24, 2.45) is 5.92 Å². The third kappa shape index (κ3) is 3.64. The van der Waals surface area contributed by atoms with Crippen LogP contribution in [0.3, 0.4) is 0 Å². The van der Waals surface area contributed by atoms with Crippen LogP contribution in [0.15, 0.2) is 42.5 Å². The number of halogens is 1. The van der Waals surface area contributed by atoms with Crippen molar-refractivity contribution in [2.45, 2.75) is 63.6 Å². The molecule has 140 valence electrons. The van der Waals surface area contributed by atoms with Crippen molar-refractivity contribution in [3.05, 3.63) is 70.5 Å². The van der Waals surface area contributed by atoms with Crippen LogP contribution < -0.4 is 0 Å². The zero-order valence-corrected chi connectivity index (χ0v) is 15.7. The van der Waals surface area contributed by atoms with E-state index in [0.717, 1.165) is 35.4 Å². The molecule has 1 aliphatic heterocycles. The standard InChI is InChI=1S/C24H26FNO/c25-22-10-8-21(9-11-22)24(14-13-18-5-3-1-2-4-6-18)23-12-7-19(16-26)15-20(23)17-27-24/h7-12,15,18H,1-6,13-14,17H2. The highest BCUT2D eigenvalue weighted by molar-refractivity contribution is 5.47. The Hall–Kier alpha value is -2.18. The molecule has 0 aromatic heterocycles. The van der Waals surface area contributed by atoms with Gasteiger partial charge in [0.15, 0.2) is 0 Å². The fourth-order valence-corrected chi connectivity index (χ4v) is 4.82. The van der Waals surface area contributed by atoms with E-state index >= 15 is 0 Å². The van der Waals surface area contributed by atoms with E-state index in [1.165, 1.54) is 50.7 Å². The number of nitrogens with zero attached hydrogens (tertiary/aromatic N) is 1. The number of benzene rings is 2. The van der Waals surface area contributed by atoms with Crippen LogP contribution in [0.25, 0.3) is 0 Å². The number of hydrogen-bond acceptors (Lipinski definition) is 2. The molecule has 1 aliphatic carbocycles. The quantitative estimate of drug-likeness (QED) is 0.604. The Morgan fingerprint density at radius 2 is 1.78 bits per heavy atom. The molecule has 1 atom stereocenters. The summed E-state index contributed by atoms with van der Waals surface area (Å²) in [5.41, 5.74) is 3.38. The average Bonchev–Trinajstić information content (AvgIpc) is 2.87. The predicted octanol–water partition coefficient (Wildman–Crippen LogP) is 6.22. The third-order valence-electron chi connectivity index (χ3n) is 6.33. The maximum absolute atomic E-state index is 13.5. The second-order valence-corrected chi connectivity index (χ2v) is 8.00. The molecule has 1 heterocycles. The predicted molar refractivity (Wildman–Crippen MR) is 104 cm³/mol. The van der Waals surface area contributed by atoms with Gasteiger partial charge < -0.3 is 4.74 Å². The molecule has 2 aromatic rings. The van der Waals surface area contributed by atoms with Gasteiger partial charge in [0, 0.05) is 0 Å². The van der Waals surface area contributed by atoms with Crippen LogP contribution in [-0.2, 0) is 16.9 Å². The Kier molecular flexibility index (Phi) is 5.27. The Labute approximate surface area is 161 Å². The summed E-state index contributed by atoms with van der Waals surface area (Å²) in [5, 5.41) is 9.21. The van der Waals surface area contributed by atoms with Crippen LogP contribution in [0, 0.1) is 23.1 Å². The molecule has 1 unspecified atom stereocenters. The van der Waals surface area contributed by atoms with E-state index in [4.69, 9.17) is 4.74 Å². The number of rotatable bonds is 4. The van der Waals surface area contributed by atoms with Gasteiger partial charge >= 0.3 is 0 Å². The van der Waals surface area contributed by atoms with Crippen LogP contribution in [0.5, 0.6) is 0 Å². The first kappa shape index (κ1) is 18.2. The van der Waals surface area contributed by atoms with Gasteiger partial charge in [0.05, 0.1) is 18.2 Å². The monoisotopic (exact) mass is 363 g/mol. The largest absolute Gasteiger partial charge is 0.361 e. The Morgan fingerprint density at radius 1 is 1.04 bits per heavy atom. The topological polar surface area (TPSA) is 33.0 Å². The highest BCUT2D eigenvalue weighted by Gasteiger charge is 2.42. The molecule has 2 aliphatic rings. The van der Waals surface area contributed by atoms with Crippen molar-refractivity contribution in [2.75, 3.05) is 0 Å². The van der Waals surface area contributed by atoms with Gasteiger partial charge in [-0.25, -0.2) is 4.39 Å². The molecule has 4 rings (SSSR count). The minimum absolute atomic E-state index is 0.226. The molecule has 1 fully saturated rings. The number of ether oxygens (including phenoxy) is 1. The van der Waals surface area contributed by atoms with Crippen molar-refractivity contribution in [1.29, 1.82) is 5.26 Å². The number of fused-ring (bicyclic) bond motifs is 1. The van der Waals surface area contributed by atoms with E-state index in [-0.39, 0.29) is 5.82 Å². The lowest BCUT2D eigenvalue weighted by molar-refractivity contribution is -0.0163. The molecule has 0 radical (unpaired) electrons. The van der Waals surface area contributed by atoms with Gasteiger partial charge in [-0.15, -0.1) is 0 Å². The van der Waals surface area contributed by atoms with Gasteiger partial charge in [-0.2, -0.15) is 5.26 Å². The number of nitriles is 1. The molecular weight excluding hydrogens is 337 g/mol. The van der Waals surface area contributed by atoms with Gasteiger partial charge in [0.2, 0.25) is 0 Å². The first-order valence-corrected chi connectivity index (χ1v) is 10.1. The highest BCUT2D eigenvalue weighted by atomic mass is 19.1. The second kappa shape index (κ2) is 7.82. The van der Waals surface area contributed by atoms with Gasteiger partial charge in [-0.1, -0.05) is 56.7 Å². The van der Waals surface area contributed by atoms with Crippen molar-refractivity contribution >= 4 is 0 Å². The lowest BCUT2D eigenvalue weighted by Gasteiger charge is -2.32. The summed E-state index contributed by atoms with van der Waals surface area (Å²) in [6, 6.07) is 14.8. The van der Waals surface area contributed by atoms with Crippen LogP contribution in [0.1, 0.15) is 73.6 Å². The fourth-order valence-electron chi connectivity index (χ4n) is 4.82. The molecule has 0 N–H and O–H groups in total. The van der Waals surface area contributed by atoms with E-state index in [1.54, 1.807) is 0 Å².